The molecule has 1 aliphatic heterocycles. The van der Waals surface area contributed by atoms with Gasteiger partial charge in [0.05, 0.1) is 0 Å². The van der Waals surface area contributed by atoms with E-state index < -0.39 is 0 Å². The first-order chi connectivity index (χ1) is 4.66. The van der Waals surface area contributed by atoms with Crippen LogP contribution >= 0.6 is 30.1 Å². The Balaban J connectivity index is 2.75. The second-order valence-electron chi connectivity index (χ2n) is 2.58. The minimum Gasteiger partial charge on any atom is -0.0925 e. The molecule has 0 aliphatic carbocycles. The molecule has 1 rings (SSSR count). The molecule has 4 atom stereocenters. The Kier molecular flexibility index (Phi) is 3.88. The lowest BCUT2D eigenvalue weighted by atomic mass is 10.6. The molecule has 0 aromatic rings. The lowest BCUT2D eigenvalue weighted by molar-refractivity contribution is 1.34. The lowest BCUT2D eigenvalue weighted by Gasteiger charge is -2.12. The Bertz CT molecular complexity index is 163. The number of rotatable bonds is 1. The van der Waals surface area contributed by atoms with Gasteiger partial charge in [-0.25, -0.2) is 0 Å². The summed E-state index contributed by atoms with van der Waals surface area (Å²) in [5.74, 6) is 0. The number of hydrogen-bond donors (Lipinski definition) is 0. The Morgan fingerprint density at radius 3 is 2.30 bits per heavy atom. The molecule has 0 saturated carbocycles. The van der Waals surface area contributed by atoms with Crippen molar-refractivity contribution in [1.29, 1.82) is 0 Å². The molecule has 1 aliphatic rings. The molecule has 0 radical (unpaired) electrons. The van der Waals surface area contributed by atoms with Crippen molar-refractivity contribution in [2.75, 3.05) is 20.0 Å². The van der Waals surface area contributed by atoms with E-state index in [1.165, 1.54) is 14.4 Å². The van der Waals surface area contributed by atoms with E-state index in [2.05, 4.69) is 26.9 Å². The fourth-order valence-electron chi connectivity index (χ4n) is 1.30. The van der Waals surface area contributed by atoms with Crippen molar-refractivity contribution >= 4 is 35.1 Å². The number of hydrogen-bond acceptors (Lipinski definition) is 0. The molecule has 0 aromatic heterocycles. The molecule has 0 fully saturated rings. The minimum absolute atomic E-state index is 0.0584. The highest BCUT2D eigenvalue weighted by Crippen LogP contribution is 2.90. The first-order valence-corrected chi connectivity index (χ1v) is 12.7. The van der Waals surface area contributed by atoms with Crippen LogP contribution in [0, 0.1) is 0 Å². The van der Waals surface area contributed by atoms with Crippen LogP contribution in [-0.4, -0.2) is 25.0 Å². The summed E-state index contributed by atoms with van der Waals surface area (Å²) in [7, 11) is 2.34. The van der Waals surface area contributed by atoms with E-state index in [9.17, 15) is 0 Å². The lowest BCUT2D eigenvalue weighted by Crippen LogP contribution is -1.83. The Hall–Kier alpha value is 1.59. The van der Waals surface area contributed by atoms with Gasteiger partial charge < -0.3 is 0 Å². The normalized spacial score (nSPS) is 43.2. The van der Waals surface area contributed by atoms with Crippen LogP contribution in [-0.2, 0) is 0 Å². The third kappa shape index (κ3) is 1.84. The predicted octanol–water partition coefficient (Wildman–Crippen LogP) is 4.03. The van der Waals surface area contributed by atoms with Crippen LogP contribution in [0.3, 0.4) is 0 Å². The van der Waals surface area contributed by atoms with Crippen LogP contribution in [0.15, 0.2) is 0 Å². The zero-order valence-electron chi connectivity index (χ0n) is 7.10. The molecule has 1 heterocycles. The monoisotopic (exact) mass is 212 g/mol. The molecule has 0 amide bonds. The van der Waals surface area contributed by atoms with Crippen molar-refractivity contribution in [2.45, 2.75) is 13.3 Å². The van der Waals surface area contributed by atoms with Gasteiger partial charge in [0.15, 0.2) is 0 Å². The molecule has 4 unspecified atom stereocenters. The highest BCUT2D eigenvalue weighted by molar-refractivity contribution is 8.79. The van der Waals surface area contributed by atoms with E-state index in [0.29, 0.717) is 14.9 Å². The molecular weight excluding hydrogens is 196 g/mol. The van der Waals surface area contributed by atoms with Gasteiger partial charge in [-0.2, -0.15) is 0 Å². The van der Waals surface area contributed by atoms with Crippen molar-refractivity contribution in [3.8, 4) is 0 Å². The van der Waals surface area contributed by atoms with E-state index in [0.717, 1.165) is 0 Å². The van der Waals surface area contributed by atoms with Crippen LogP contribution in [0.4, 0.5) is 0 Å². The second-order valence-corrected chi connectivity index (χ2v) is 19.4. The largest absolute Gasteiger partial charge is 0.0925 e. The van der Waals surface area contributed by atoms with Gasteiger partial charge in [0.2, 0.25) is 0 Å². The average Bonchev–Trinajstić information content (AvgIpc) is 2.09. The van der Waals surface area contributed by atoms with E-state index in [-0.39, 0.29) is 7.23 Å². The van der Waals surface area contributed by atoms with Gasteiger partial charge in [-0.1, -0.05) is 37.0 Å². The summed E-state index contributed by atoms with van der Waals surface area (Å²) in [6.07, 6.45) is 1.40. The molecule has 0 spiro atoms. The quantitative estimate of drug-likeness (QED) is 0.575. The summed E-state index contributed by atoms with van der Waals surface area (Å²) < 4.78 is 0. The van der Waals surface area contributed by atoms with Crippen molar-refractivity contribution in [3.05, 3.63) is 0 Å². The van der Waals surface area contributed by atoms with Crippen LogP contribution in [0.25, 0.3) is 0 Å². The van der Waals surface area contributed by atoms with Crippen LogP contribution in [0.1, 0.15) is 13.3 Å². The Morgan fingerprint density at radius 2 is 2.10 bits per heavy atom. The van der Waals surface area contributed by atoms with Gasteiger partial charge in [0.25, 0.3) is 0 Å². The molecule has 10 heavy (non-hydrogen) atoms. The van der Waals surface area contributed by atoms with Crippen molar-refractivity contribution < 1.29 is 0 Å². The smallest absolute Gasteiger partial charge is 0.0298 e. The van der Waals surface area contributed by atoms with Crippen molar-refractivity contribution in [2.24, 2.45) is 0 Å². The fraction of sp³-hybridized carbons (Fsp3) is 0.833. The standard InChI is InChI=1S/C6H16P4/c1-5-6-8(2)7-10(4)9(6)3/h7-8H,5H2,1-4H3. The Labute approximate surface area is 68.9 Å². The highest BCUT2D eigenvalue weighted by Gasteiger charge is 2.22. The van der Waals surface area contributed by atoms with Gasteiger partial charge in [-0.15, -0.1) is 0 Å². The van der Waals surface area contributed by atoms with Gasteiger partial charge in [0.1, 0.15) is 0 Å². The molecule has 4 heteroatoms. The van der Waals surface area contributed by atoms with Gasteiger partial charge in [-0.05, 0) is 31.4 Å². The van der Waals surface area contributed by atoms with Crippen LogP contribution in [0.5, 0.6) is 0 Å². The maximum Gasteiger partial charge on any atom is -0.0298 e. The zero-order valence-corrected chi connectivity index (χ0v) is 10.9. The van der Waals surface area contributed by atoms with Gasteiger partial charge in [-0.3, -0.25) is 0 Å². The van der Waals surface area contributed by atoms with E-state index in [1.807, 2.05) is 5.03 Å². The molecule has 60 valence electrons. The SMILES string of the molecule is CCC1=[PH](C)PP(C)P1C. The zero-order chi connectivity index (χ0) is 7.72. The molecule has 0 bridgehead atoms. The molecule has 0 saturated heterocycles. The summed E-state index contributed by atoms with van der Waals surface area (Å²) in [6, 6.07) is 0. The van der Waals surface area contributed by atoms with E-state index in [1.54, 1.807) is 0 Å². The van der Waals surface area contributed by atoms with E-state index >= 15 is 0 Å². The maximum atomic E-state index is 2.52. The van der Waals surface area contributed by atoms with Gasteiger partial charge in [0, 0.05) is 0 Å². The fourth-order valence-corrected chi connectivity index (χ4v) is 33.1. The minimum atomic E-state index is 0.0584. The molecule has 0 aromatic carbocycles. The summed E-state index contributed by atoms with van der Waals surface area (Å²) in [5.41, 5.74) is 0. The van der Waals surface area contributed by atoms with Gasteiger partial charge >= 0.3 is 0 Å². The average molecular weight is 212 g/mol. The Morgan fingerprint density at radius 1 is 1.50 bits per heavy atom. The maximum absolute atomic E-state index is 2.52. The first-order valence-electron chi connectivity index (χ1n) is 3.60. The summed E-state index contributed by atoms with van der Waals surface area (Å²) in [5, 5.41) is 2.01. The van der Waals surface area contributed by atoms with Crippen molar-refractivity contribution in [1.82, 2.24) is 0 Å². The summed E-state index contributed by atoms with van der Waals surface area (Å²) in [4.78, 5) is 0. The second kappa shape index (κ2) is 4.01. The molecule has 0 nitrogen and oxygen atoms in total. The van der Waals surface area contributed by atoms with E-state index in [4.69, 9.17) is 0 Å². The topological polar surface area (TPSA) is 0 Å². The predicted molar refractivity (Wildman–Crippen MR) is 63.5 cm³/mol. The summed E-state index contributed by atoms with van der Waals surface area (Å²) >= 11 is 0. The molecular formula is C6H16P4. The summed E-state index contributed by atoms with van der Waals surface area (Å²) in [6.45, 7) is 9.89. The van der Waals surface area contributed by atoms with Crippen molar-refractivity contribution in [3.63, 3.8) is 0 Å². The first kappa shape index (κ1) is 9.68. The third-order valence-electron chi connectivity index (χ3n) is 1.94. The third-order valence-corrected chi connectivity index (χ3v) is 26.7. The van der Waals surface area contributed by atoms with Crippen LogP contribution in [0.2, 0.25) is 0 Å². The van der Waals surface area contributed by atoms with Crippen LogP contribution < -0.4 is 0 Å². The molecule has 0 N–H and O–H groups in total. The highest BCUT2D eigenvalue weighted by atomic mass is 32.6.